The molecule has 0 aliphatic carbocycles. The molecule has 0 heterocycles. The molecule has 4 nitrogen and oxygen atoms in total. The predicted octanol–water partition coefficient (Wildman–Crippen LogP) is 2.29. The molecular weight excluding hydrogens is 218 g/mol. The number of carbonyl (C=O) groups is 1. The molecule has 4 heteroatoms. The number of nitrogens with zero attached hydrogens (tertiary/aromatic N) is 1. The fourth-order valence-electron chi connectivity index (χ4n) is 1.29. The number of hydrogen-bond donors (Lipinski definition) is 0. The van der Waals surface area contributed by atoms with E-state index in [1.165, 1.54) is 4.90 Å². The van der Waals surface area contributed by atoms with Crippen LogP contribution in [0.15, 0.2) is 30.3 Å². The summed E-state index contributed by atoms with van der Waals surface area (Å²) in [6, 6.07) is 9.94. The highest BCUT2D eigenvalue weighted by molar-refractivity contribution is 5.67. The van der Waals surface area contributed by atoms with Gasteiger partial charge in [0.05, 0.1) is 19.8 Å². The van der Waals surface area contributed by atoms with Gasteiger partial charge in [-0.05, 0) is 12.5 Å². The van der Waals surface area contributed by atoms with Crippen LogP contribution in [0.3, 0.4) is 0 Å². The molecule has 0 saturated carbocycles. The van der Waals surface area contributed by atoms with Gasteiger partial charge < -0.3 is 14.4 Å². The molecule has 0 aliphatic rings. The zero-order valence-corrected chi connectivity index (χ0v) is 10.4. The minimum atomic E-state index is -0.309. The van der Waals surface area contributed by atoms with E-state index in [1.54, 1.807) is 14.0 Å². The van der Waals surface area contributed by atoms with Crippen molar-refractivity contribution in [2.75, 3.05) is 26.8 Å². The lowest BCUT2D eigenvalue weighted by Crippen LogP contribution is -2.30. The van der Waals surface area contributed by atoms with Crippen LogP contribution in [0.25, 0.3) is 0 Å². The largest absolute Gasteiger partial charge is 0.450 e. The Morgan fingerprint density at radius 3 is 2.65 bits per heavy atom. The van der Waals surface area contributed by atoms with Gasteiger partial charge >= 0.3 is 6.09 Å². The second-order valence-corrected chi connectivity index (χ2v) is 3.66. The summed E-state index contributed by atoms with van der Waals surface area (Å²) in [7, 11) is 1.70. The maximum absolute atomic E-state index is 11.3. The van der Waals surface area contributed by atoms with Crippen molar-refractivity contribution >= 4 is 6.09 Å². The zero-order chi connectivity index (χ0) is 12.5. The molecule has 0 radical (unpaired) electrons. The number of ether oxygens (including phenoxy) is 2. The number of hydrogen-bond acceptors (Lipinski definition) is 3. The van der Waals surface area contributed by atoms with Crippen LogP contribution < -0.4 is 0 Å². The van der Waals surface area contributed by atoms with Crippen LogP contribution in [-0.4, -0.2) is 37.8 Å². The molecular formula is C13H19NO3. The Kier molecular flexibility index (Phi) is 6.10. The van der Waals surface area contributed by atoms with Crippen LogP contribution in [0.4, 0.5) is 4.79 Å². The highest BCUT2D eigenvalue weighted by Gasteiger charge is 2.07. The first-order valence-electron chi connectivity index (χ1n) is 5.73. The smallest absolute Gasteiger partial charge is 0.409 e. The first-order valence-corrected chi connectivity index (χ1v) is 5.73. The molecule has 0 unspecified atom stereocenters. The monoisotopic (exact) mass is 237 g/mol. The number of carbonyl (C=O) groups excluding carboxylic acids is 1. The highest BCUT2D eigenvalue weighted by Crippen LogP contribution is 2.00. The third-order valence-electron chi connectivity index (χ3n) is 2.26. The third kappa shape index (κ3) is 5.36. The quantitative estimate of drug-likeness (QED) is 0.712. The summed E-state index contributed by atoms with van der Waals surface area (Å²) in [6.07, 6.45) is -0.309. The van der Waals surface area contributed by atoms with E-state index < -0.39 is 0 Å². The van der Waals surface area contributed by atoms with Crippen molar-refractivity contribution in [3.05, 3.63) is 35.9 Å². The summed E-state index contributed by atoms with van der Waals surface area (Å²) in [5.41, 5.74) is 1.13. The summed E-state index contributed by atoms with van der Waals surface area (Å²) in [5, 5.41) is 0. The summed E-state index contributed by atoms with van der Waals surface area (Å²) < 4.78 is 10.3. The molecule has 1 amide bonds. The molecule has 1 aromatic rings. The molecule has 0 aliphatic heterocycles. The molecule has 0 spiro atoms. The lowest BCUT2D eigenvalue weighted by molar-refractivity contribution is 0.0803. The minimum absolute atomic E-state index is 0.309. The van der Waals surface area contributed by atoms with Gasteiger partial charge in [0.1, 0.15) is 0 Å². The Balaban J connectivity index is 2.14. The van der Waals surface area contributed by atoms with Crippen LogP contribution in [0.5, 0.6) is 0 Å². The summed E-state index contributed by atoms with van der Waals surface area (Å²) in [5.74, 6) is 0. The average Bonchev–Trinajstić information content (AvgIpc) is 2.36. The Bertz CT molecular complexity index is 327. The number of benzene rings is 1. The van der Waals surface area contributed by atoms with Crippen molar-refractivity contribution in [1.29, 1.82) is 0 Å². The number of likely N-dealkylation sites (N-methyl/N-ethyl adjacent to an activating group) is 1. The van der Waals surface area contributed by atoms with E-state index in [0.29, 0.717) is 26.4 Å². The minimum Gasteiger partial charge on any atom is -0.450 e. The van der Waals surface area contributed by atoms with E-state index in [2.05, 4.69) is 0 Å². The first-order chi connectivity index (χ1) is 8.24. The number of rotatable bonds is 6. The van der Waals surface area contributed by atoms with Gasteiger partial charge in [-0.2, -0.15) is 0 Å². The maximum atomic E-state index is 11.3. The Labute approximate surface area is 102 Å². The van der Waals surface area contributed by atoms with Gasteiger partial charge in [0.15, 0.2) is 0 Å². The molecule has 0 N–H and O–H groups in total. The van der Waals surface area contributed by atoms with E-state index in [0.717, 1.165) is 5.56 Å². The van der Waals surface area contributed by atoms with Crippen LogP contribution in [-0.2, 0) is 16.1 Å². The van der Waals surface area contributed by atoms with E-state index in [9.17, 15) is 4.79 Å². The van der Waals surface area contributed by atoms with Crippen molar-refractivity contribution in [1.82, 2.24) is 4.90 Å². The van der Waals surface area contributed by atoms with Gasteiger partial charge in [-0.25, -0.2) is 4.79 Å². The van der Waals surface area contributed by atoms with Gasteiger partial charge in [-0.15, -0.1) is 0 Å². The highest BCUT2D eigenvalue weighted by atomic mass is 16.6. The fourth-order valence-corrected chi connectivity index (χ4v) is 1.29. The Morgan fingerprint density at radius 1 is 1.29 bits per heavy atom. The lowest BCUT2D eigenvalue weighted by atomic mass is 10.2. The fraction of sp³-hybridized carbons (Fsp3) is 0.462. The second kappa shape index (κ2) is 7.68. The van der Waals surface area contributed by atoms with Gasteiger partial charge in [0.2, 0.25) is 0 Å². The van der Waals surface area contributed by atoms with Gasteiger partial charge in [-0.3, -0.25) is 0 Å². The van der Waals surface area contributed by atoms with Gasteiger partial charge in [0.25, 0.3) is 0 Å². The molecule has 1 rings (SSSR count). The molecule has 0 fully saturated rings. The third-order valence-corrected chi connectivity index (χ3v) is 2.26. The summed E-state index contributed by atoms with van der Waals surface area (Å²) in [6.45, 7) is 3.79. The average molecular weight is 237 g/mol. The zero-order valence-electron chi connectivity index (χ0n) is 10.4. The summed E-state index contributed by atoms with van der Waals surface area (Å²) in [4.78, 5) is 12.8. The maximum Gasteiger partial charge on any atom is 0.409 e. The van der Waals surface area contributed by atoms with Crippen LogP contribution in [0.1, 0.15) is 12.5 Å². The van der Waals surface area contributed by atoms with Gasteiger partial charge in [0, 0.05) is 13.6 Å². The molecule has 0 bridgehead atoms. The molecule has 0 aromatic heterocycles. The topological polar surface area (TPSA) is 38.8 Å². The Hall–Kier alpha value is -1.55. The van der Waals surface area contributed by atoms with Crippen LogP contribution in [0.2, 0.25) is 0 Å². The normalized spacial score (nSPS) is 10.0. The van der Waals surface area contributed by atoms with E-state index in [4.69, 9.17) is 9.47 Å². The van der Waals surface area contributed by atoms with E-state index in [1.807, 2.05) is 30.3 Å². The molecule has 0 saturated heterocycles. The molecule has 17 heavy (non-hydrogen) atoms. The number of amides is 1. The molecule has 1 aromatic carbocycles. The molecule has 94 valence electrons. The van der Waals surface area contributed by atoms with E-state index in [-0.39, 0.29) is 6.09 Å². The SMILES string of the molecule is CCOC(=O)N(C)CCOCc1ccccc1. The van der Waals surface area contributed by atoms with Crippen molar-refractivity contribution in [3.8, 4) is 0 Å². The van der Waals surface area contributed by atoms with Crippen LogP contribution in [0, 0.1) is 0 Å². The van der Waals surface area contributed by atoms with E-state index >= 15 is 0 Å². The molecule has 0 atom stereocenters. The van der Waals surface area contributed by atoms with Crippen molar-refractivity contribution in [2.45, 2.75) is 13.5 Å². The standard InChI is InChI=1S/C13H19NO3/c1-3-17-13(15)14(2)9-10-16-11-12-7-5-4-6-8-12/h4-8H,3,9-11H2,1-2H3. The second-order valence-electron chi connectivity index (χ2n) is 3.66. The summed E-state index contributed by atoms with van der Waals surface area (Å²) >= 11 is 0. The van der Waals surface area contributed by atoms with Crippen molar-refractivity contribution < 1.29 is 14.3 Å². The van der Waals surface area contributed by atoms with Crippen molar-refractivity contribution in [2.24, 2.45) is 0 Å². The van der Waals surface area contributed by atoms with Gasteiger partial charge in [-0.1, -0.05) is 30.3 Å². The van der Waals surface area contributed by atoms with Crippen LogP contribution >= 0.6 is 0 Å². The Morgan fingerprint density at radius 2 is 2.00 bits per heavy atom. The first kappa shape index (κ1) is 13.5. The predicted molar refractivity (Wildman–Crippen MR) is 65.8 cm³/mol. The lowest BCUT2D eigenvalue weighted by Gasteiger charge is -2.16. The van der Waals surface area contributed by atoms with Crippen molar-refractivity contribution in [3.63, 3.8) is 0 Å².